The summed E-state index contributed by atoms with van der Waals surface area (Å²) in [6.07, 6.45) is 1.72. The minimum atomic E-state index is 0.226. The Balaban J connectivity index is 2.72. The van der Waals surface area contributed by atoms with Crippen molar-refractivity contribution in [2.45, 2.75) is 27.7 Å². The van der Waals surface area contributed by atoms with Crippen LogP contribution in [-0.2, 0) is 0 Å². The van der Waals surface area contributed by atoms with Crippen molar-refractivity contribution in [2.24, 2.45) is 5.41 Å². The molecule has 14 heavy (non-hydrogen) atoms. The maximum Gasteiger partial charge on any atom is 0.224 e. The van der Waals surface area contributed by atoms with Gasteiger partial charge in [-0.15, -0.1) is 0 Å². The van der Waals surface area contributed by atoms with Crippen LogP contribution in [0.15, 0.2) is 6.20 Å². The molecular weight excluding hydrogens is 198 g/mol. The predicted molar refractivity (Wildman–Crippen MR) is 59.7 cm³/mol. The van der Waals surface area contributed by atoms with Crippen molar-refractivity contribution in [3.05, 3.63) is 17.0 Å². The van der Waals surface area contributed by atoms with E-state index in [9.17, 15) is 0 Å². The van der Waals surface area contributed by atoms with E-state index in [1.165, 1.54) is 0 Å². The van der Waals surface area contributed by atoms with Crippen LogP contribution in [-0.4, -0.2) is 16.5 Å². The first-order valence-electron chi connectivity index (χ1n) is 4.61. The molecule has 0 atom stereocenters. The summed E-state index contributed by atoms with van der Waals surface area (Å²) >= 11 is 5.70. The van der Waals surface area contributed by atoms with Crippen LogP contribution in [0.4, 0.5) is 5.82 Å². The number of nitrogens with zero attached hydrogens (tertiary/aromatic N) is 2. The summed E-state index contributed by atoms with van der Waals surface area (Å²) < 4.78 is 0. The molecule has 0 saturated heterocycles. The molecule has 0 fully saturated rings. The highest BCUT2D eigenvalue weighted by Crippen LogP contribution is 2.17. The van der Waals surface area contributed by atoms with E-state index in [1.807, 2.05) is 6.92 Å². The average Bonchev–Trinajstić information content (AvgIpc) is 2.05. The molecule has 0 bridgehead atoms. The average molecular weight is 214 g/mol. The van der Waals surface area contributed by atoms with Crippen molar-refractivity contribution in [2.75, 3.05) is 11.9 Å². The highest BCUT2D eigenvalue weighted by Gasteiger charge is 2.11. The summed E-state index contributed by atoms with van der Waals surface area (Å²) in [5, 5.41) is 3.54. The van der Waals surface area contributed by atoms with E-state index in [1.54, 1.807) is 6.20 Å². The number of nitrogens with one attached hydrogen (secondary N) is 1. The van der Waals surface area contributed by atoms with E-state index in [2.05, 4.69) is 36.1 Å². The van der Waals surface area contributed by atoms with E-state index < -0.39 is 0 Å². The lowest BCUT2D eigenvalue weighted by Crippen LogP contribution is -2.20. The molecule has 3 nitrogen and oxygen atoms in total. The lowest BCUT2D eigenvalue weighted by atomic mass is 9.97. The van der Waals surface area contributed by atoms with Crippen LogP contribution < -0.4 is 5.32 Å². The third kappa shape index (κ3) is 3.50. The topological polar surface area (TPSA) is 37.8 Å². The molecule has 0 saturated carbocycles. The Morgan fingerprint density at radius 1 is 1.43 bits per heavy atom. The third-order valence-corrected chi connectivity index (χ3v) is 1.91. The summed E-state index contributed by atoms with van der Waals surface area (Å²) in [6.45, 7) is 9.32. The third-order valence-electron chi connectivity index (χ3n) is 1.73. The SMILES string of the molecule is Cc1cnc(Cl)nc1NCC(C)(C)C. The van der Waals surface area contributed by atoms with Crippen molar-refractivity contribution in [3.63, 3.8) is 0 Å². The van der Waals surface area contributed by atoms with Gasteiger partial charge in [-0.25, -0.2) is 9.97 Å². The Bertz CT molecular complexity index is 318. The van der Waals surface area contributed by atoms with Crippen molar-refractivity contribution < 1.29 is 0 Å². The Hall–Kier alpha value is -0.830. The van der Waals surface area contributed by atoms with Gasteiger partial charge in [0.05, 0.1) is 0 Å². The highest BCUT2D eigenvalue weighted by molar-refractivity contribution is 6.28. The Kier molecular flexibility index (Phi) is 3.32. The van der Waals surface area contributed by atoms with Crippen LogP contribution in [0.5, 0.6) is 0 Å². The van der Waals surface area contributed by atoms with E-state index in [0.717, 1.165) is 17.9 Å². The summed E-state index contributed by atoms with van der Waals surface area (Å²) in [4.78, 5) is 8.02. The van der Waals surface area contributed by atoms with Crippen molar-refractivity contribution >= 4 is 17.4 Å². The number of halogens is 1. The lowest BCUT2D eigenvalue weighted by molar-refractivity contribution is 0.442. The molecule has 0 aliphatic heterocycles. The normalized spacial score (nSPS) is 11.5. The van der Waals surface area contributed by atoms with Gasteiger partial charge in [-0.2, -0.15) is 0 Å². The van der Waals surface area contributed by atoms with Gasteiger partial charge >= 0.3 is 0 Å². The zero-order valence-corrected chi connectivity index (χ0v) is 9.81. The smallest absolute Gasteiger partial charge is 0.224 e. The Morgan fingerprint density at radius 3 is 2.64 bits per heavy atom. The first-order valence-corrected chi connectivity index (χ1v) is 4.99. The summed E-state index contributed by atoms with van der Waals surface area (Å²) in [6, 6.07) is 0. The fourth-order valence-electron chi connectivity index (χ4n) is 0.948. The molecule has 4 heteroatoms. The van der Waals surface area contributed by atoms with Crippen LogP contribution in [0.25, 0.3) is 0 Å². The van der Waals surface area contributed by atoms with E-state index in [0.29, 0.717) is 0 Å². The molecule has 0 aliphatic carbocycles. The zero-order chi connectivity index (χ0) is 10.8. The number of anilines is 1. The molecule has 1 heterocycles. The fourth-order valence-corrected chi connectivity index (χ4v) is 1.08. The number of rotatable bonds is 2. The minimum absolute atomic E-state index is 0.226. The summed E-state index contributed by atoms with van der Waals surface area (Å²) in [7, 11) is 0. The van der Waals surface area contributed by atoms with E-state index >= 15 is 0 Å². The largest absolute Gasteiger partial charge is 0.369 e. The van der Waals surface area contributed by atoms with Crippen LogP contribution in [0.3, 0.4) is 0 Å². The van der Waals surface area contributed by atoms with E-state index in [-0.39, 0.29) is 10.7 Å². The quantitative estimate of drug-likeness (QED) is 0.768. The molecule has 1 rings (SSSR count). The maximum atomic E-state index is 5.70. The van der Waals surface area contributed by atoms with Gasteiger partial charge < -0.3 is 5.32 Å². The first kappa shape index (κ1) is 11.2. The summed E-state index contributed by atoms with van der Waals surface area (Å²) in [5.74, 6) is 0.819. The molecule has 0 aromatic carbocycles. The van der Waals surface area contributed by atoms with Gasteiger partial charge in [0.15, 0.2) is 0 Å². The second-order valence-corrected chi connectivity index (χ2v) is 4.92. The van der Waals surface area contributed by atoms with Crippen molar-refractivity contribution in [1.82, 2.24) is 9.97 Å². The maximum absolute atomic E-state index is 5.70. The van der Waals surface area contributed by atoms with Gasteiger partial charge in [-0.05, 0) is 23.9 Å². The monoisotopic (exact) mass is 213 g/mol. The van der Waals surface area contributed by atoms with Crippen LogP contribution in [0, 0.1) is 12.3 Å². The van der Waals surface area contributed by atoms with Crippen LogP contribution in [0.2, 0.25) is 5.28 Å². The Morgan fingerprint density at radius 2 is 2.07 bits per heavy atom. The number of aromatic nitrogens is 2. The molecule has 0 spiro atoms. The van der Waals surface area contributed by atoms with Crippen molar-refractivity contribution in [1.29, 1.82) is 0 Å². The second-order valence-electron chi connectivity index (χ2n) is 4.58. The van der Waals surface area contributed by atoms with Crippen molar-refractivity contribution in [3.8, 4) is 0 Å². The predicted octanol–water partition coefficient (Wildman–Crippen LogP) is 2.90. The minimum Gasteiger partial charge on any atom is -0.369 e. The molecule has 0 radical (unpaired) electrons. The molecule has 1 aromatic heterocycles. The van der Waals surface area contributed by atoms with Crippen LogP contribution >= 0.6 is 11.6 Å². The van der Waals surface area contributed by atoms with Gasteiger partial charge in [0, 0.05) is 18.3 Å². The standard InChI is InChI=1S/C10H16ClN3/c1-7-5-12-9(11)14-8(7)13-6-10(2,3)4/h5H,6H2,1-4H3,(H,12,13,14). The van der Waals surface area contributed by atoms with Crippen LogP contribution in [0.1, 0.15) is 26.3 Å². The first-order chi connectivity index (χ1) is 6.38. The van der Waals surface area contributed by atoms with E-state index in [4.69, 9.17) is 11.6 Å². The zero-order valence-electron chi connectivity index (χ0n) is 9.06. The molecule has 0 unspecified atom stereocenters. The molecular formula is C10H16ClN3. The number of hydrogen-bond donors (Lipinski definition) is 1. The lowest BCUT2D eigenvalue weighted by Gasteiger charge is -2.19. The molecule has 1 aromatic rings. The van der Waals surface area contributed by atoms with Gasteiger partial charge in [0.1, 0.15) is 5.82 Å². The van der Waals surface area contributed by atoms with Gasteiger partial charge in [0.2, 0.25) is 5.28 Å². The fraction of sp³-hybridized carbons (Fsp3) is 0.600. The molecule has 0 amide bonds. The molecule has 78 valence electrons. The highest BCUT2D eigenvalue weighted by atomic mass is 35.5. The summed E-state index contributed by atoms with van der Waals surface area (Å²) in [5.41, 5.74) is 1.24. The van der Waals surface area contributed by atoms with Gasteiger partial charge in [-0.3, -0.25) is 0 Å². The Labute approximate surface area is 89.9 Å². The molecule has 0 aliphatic rings. The number of aryl methyl sites for hydroxylation is 1. The second kappa shape index (κ2) is 4.13. The van der Waals surface area contributed by atoms with Gasteiger partial charge in [-0.1, -0.05) is 20.8 Å². The molecule has 1 N–H and O–H groups in total. The van der Waals surface area contributed by atoms with Gasteiger partial charge in [0.25, 0.3) is 0 Å². The number of hydrogen-bond acceptors (Lipinski definition) is 3.